The average Bonchev–Trinajstić information content (AvgIpc) is 2.12. The third kappa shape index (κ3) is 1.58. The number of rotatable bonds is 2. The number of amides is 1. The lowest BCUT2D eigenvalue weighted by atomic mass is 9.51. The number of allylic oxidation sites excluding steroid dienone is 1. The molecule has 0 aromatic rings. The van der Waals surface area contributed by atoms with Crippen molar-refractivity contribution in [1.29, 1.82) is 0 Å². The maximum absolute atomic E-state index is 11.5. The first-order chi connectivity index (χ1) is 7.53. The number of nitrogens with one attached hydrogen (secondary N) is 1. The Labute approximate surface area is 101 Å². The van der Waals surface area contributed by atoms with Gasteiger partial charge in [-0.1, -0.05) is 18.6 Å². The molecular formula is C13H18ClNO. The van der Waals surface area contributed by atoms with Crippen LogP contribution in [0, 0.1) is 11.3 Å². The fourth-order valence-electron chi connectivity index (χ4n) is 4.52. The van der Waals surface area contributed by atoms with Crippen LogP contribution in [0.4, 0.5) is 0 Å². The van der Waals surface area contributed by atoms with Crippen molar-refractivity contribution in [2.24, 2.45) is 11.3 Å². The van der Waals surface area contributed by atoms with Crippen LogP contribution in [0.1, 0.15) is 39.0 Å². The van der Waals surface area contributed by atoms with Gasteiger partial charge in [0, 0.05) is 5.54 Å². The molecule has 0 aromatic carbocycles. The molecule has 0 heterocycles. The van der Waals surface area contributed by atoms with Crippen molar-refractivity contribution in [3.63, 3.8) is 0 Å². The van der Waals surface area contributed by atoms with Gasteiger partial charge in [0.25, 0.3) is 0 Å². The van der Waals surface area contributed by atoms with Crippen LogP contribution in [0.2, 0.25) is 0 Å². The van der Waals surface area contributed by atoms with Crippen molar-refractivity contribution in [2.75, 3.05) is 5.88 Å². The van der Waals surface area contributed by atoms with Crippen LogP contribution in [0.5, 0.6) is 0 Å². The highest BCUT2D eigenvalue weighted by molar-refractivity contribution is 6.27. The molecule has 4 rings (SSSR count). The lowest BCUT2D eigenvalue weighted by molar-refractivity contribution is -0.122. The normalized spacial score (nSPS) is 44.4. The molecule has 4 aliphatic rings. The topological polar surface area (TPSA) is 29.1 Å². The first kappa shape index (κ1) is 10.6. The van der Waals surface area contributed by atoms with Crippen molar-refractivity contribution in [1.82, 2.24) is 5.32 Å². The van der Waals surface area contributed by atoms with Crippen LogP contribution in [0.15, 0.2) is 11.6 Å². The Morgan fingerprint density at radius 2 is 2.38 bits per heavy atom. The molecule has 2 saturated carbocycles. The van der Waals surface area contributed by atoms with Gasteiger partial charge < -0.3 is 5.32 Å². The maximum atomic E-state index is 11.5. The second kappa shape index (κ2) is 3.25. The summed E-state index contributed by atoms with van der Waals surface area (Å²) >= 11 is 5.60. The minimum Gasteiger partial charge on any atom is -0.349 e. The molecule has 2 nitrogen and oxygen atoms in total. The third-order valence-corrected chi connectivity index (χ3v) is 4.63. The lowest BCUT2D eigenvalue weighted by Crippen LogP contribution is -2.60. The molecule has 1 N–H and O–H groups in total. The molecule has 3 atom stereocenters. The van der Waals surface area contributed by atoms with Gasteiger partial charge in [0.05, 0.1) is 0 Å². The Hall–Kier alpha value is -0.500. The molecule has 2 fully saturated rings. The van der Waals surface area contributed by atoms with Gasteiger partial charge >= 0.3 is 0 Å². The molecule has 1 amide bonds. The highest BCUT2D eigenvalue weighted by Gasteiger charge is 2.53. The van der Waals surface area contributed by atoms with Crippen LogP contribution >= 0.6 is 11.6 Å². The number of halogens is 1. The monoisotopic (exact) mass is 239 g/mol. The summed E-state index contributed by atoms with van der Waals surface area (Å²) in [7, 11) is 0. The molecule has 4 bridgehead atoms. The van der Waals surface area contributed by atoms with E-state index in [2.05, 4.69) is 18.3 Å². The number of carbonyl (C=O) groups is 1. The highest BCUT2D eigenvalue weighted by atomic mass is 35.5. The van der Waals surface area contributed by atoms with E-state index in [9.17, 15) is 4.79 Å². The maximum Gasteiger partial charge on any atom is 0.235 e. The molecular weight excluding hydrogens is 222 g/mol. The highest BCUT2D eigenvalue weighted by Crippen LogP contribution is 2.58. The van der Waals surface area contributed by atoms with E-state index in [4.69, 9.17) is 11.6 Å². The second-order valence-corrected chi connectivity index (χ2v) is 6.56. The van der Waals surface area contributed by atoms with Crippen LogP contribution < -0.4 is 5.32 Å². The standard InChI is InChI=1S/C13H18ClNO/c1-12-3-9-2-10(4-12)6-13(5-9,8-12)15-11(16)7-14/h2,9H,3-8H2,1H3,(H,15,16). The van der Waals surface area contributed by atoms with Gasteiger partial charge in [0.1, 0.15) is 5.88 Å². The quantitative estimate of drug-likeness (QED) is 0.583. The molecule has 3 unspecified atom stereocenters. The molecule has 0 saturated heterocycles. The molecule has 0 spiro atoms. The summed E-state index contributed by atoms with van der Waals surface area (Å²) in [6, 6.07) is 0. The Morgan fingerprint density at radius 3 is 3.00 bits per heavy atom. The molecule has 88 valence electrons. The molecule has 0 aromatic heterocycles. The van der Waals surface area contributed by atoms with Crippen molar-refractivity contribution in [3.05, 3.63) is 11.6 Å². The Balaban J connectivity index is 1.88. The Bertz CT molecular complexity index is 378. The van der Waals surface area contributed by atoms with Crippen LogP contribution in [-0.2, 0) is 4.79 Å². The van der Waals surface area contributed by atoms with Crippen LogP contribution in [0.25, 0.3) is 0 Å². The minimum absolute atomic E-state index is 0.00665. The predicted octanol–water partition coefficient (Wildman–Crippen LogP) is 2.62. The number of carbonyl (C=O) groups excluding carboxylic acids is 1. The average molecular weight is 240 g/mol. The molecule has 4 aliphatic carbocycles. The van der Waals surface area contributed by atoms with E-state index >= 15 is 0 Å². The van der Waals surface area contributed by atoms with Crippen LogP contribution in [-0.4, -0.2) is 17.3 Å². The Kier molecular flexibility index (Phi) is 2.16. The second-order valence-electron chi connectivity index (χ2n) is 6.30. The molecule has 0 radical (unpaired) electrons. The van der Waals surface area contributed by atoms with Crippen molar-refractivity contribution in [2.45, 2.75) is 44.6 Å². The van der Waals surface area contributed by atoms with Gasteiger partial charge in [-0.05, 0) is 43.4 Å². The smallest absolute Gasteiger partial charge is 0.235 e. The molecule has 16 heavy (non-hydrogen) atoms. The van der Waals surface area contributed by atoms with Gasteiger partial charge in [-0.3, -0.25) is 4.79 Å². The van der Waals surface area contributed by atoms with E-state index in [0.29, 0.717) is 11.3 Å². The van der Waals surface area contributed by atoms with E-state index < -0.39 is 0 Å². The summed E-state index contributed by atoms with van der Waals surface area (Å²) in [5.41, 5.74) is 2.02. The lowest BCUT2D eigenvalue weighted by Gasteiger charge is -2.57. The summed E-state index contributed by atoms with van der Waals surface area (Å²) in [5, 5.41) is 3.19. The van der Waals surface area contributed by atoms with Gasteiger partial charge in [0.15, 0.2) is 0 Å². The summed E-state index contributed by atoms with van der Waals surface area (Å²) in [6.07, 6.45) is 8.30. The molecule has 3 heteroatoms. The van der Waals surface area contributed by atoms with Crippen molar-refractivity contribution in [3.8, 4) is 0 Å². The van der Waals surface area contributed by atoms with E-state index in [1.165, 1.54) is 12.8 Å². The fourth-order valence-corrected chi connectivity index (χ4v) is 4.59. The number of hydrogen-bond donors (Lipinski definition) is 1. The first-order valence-electron chi connectivity index (χ1n) is 6.09. The summed E-state index contributed by atoms with van der Waals surface area (Å²) < 4.78 is 0. The first-order valence-corrected chi connectivity index (χ1v) is 6.63. The predicted molar refractivity (Wildman–Crippen MR) is 64.4 cm³/mol. The number of alkyl halides is 1. The Morgan fingerprint density at radius 1 is 1.56 bits per heavy atom. The fraction of sp³-hybridized carbons (Fsp3) is 0.769. The minimum atomic E-state index is -0.00665. The zero-order chi connectivity index (χ0) is 11.4. The van der Waals surface area contributed by atoms with Crippen LogP contribution in [0.3, 0.4) is 0 Å². The summed E-state index contributed by atoms with van der Waals surface area (Å²) in [4.78, 5) is 11.5. The van der Waals surface area contributed by atoms with Gasteiger partial charge in [-0.15, -0.1) is 11.6 Å². The van der Waals surface area contributed by atoms with Crippen molar-refractivity contribution >= 4 is 17.5 Å². The number of hydrogen-bond acceptors (Lipinski definition) is 1. The zero-order valence-electron chi connectivity index (χ0n) is 9.68. The van der Waals surface area contributed by atoms with E-state index in [-0.39, 0.29) is 17.3 Å². The third-order valence-electron chi connectivity index (χ3n) is 4.39. The van der Waals surface area contributed by atoms with Gasteiger partial charge in [0.2, 0.25) is 5.91 Å². The van der Waals surface area contributed by atoms with Gasteiger partial charge in [-0.25, -0.2) is 0 Å². The SMILES string of the molecule is CC12CC3=CC(C1)CC(NC(=O)CCl)(C3)C2. The van der Waals surface area contributed by atoms with E-state index in [1.807, 2.05) is 0 Å². The largest absolute Gasteiger partial charge is 0.349 e. The van der Waals surface area contributed by atoms with E-state index in [0.717, 1.165) is 19.3 Å². The summed E-state index contributed by atoms with van der Waals surface area (Å²) in [5.74, 6) is 0.766. The molecule has 0 aliphatic heterocycles. The van der Waals surface area contributed by atoms with E-state index in [1.54, 1.807) is 5.57 Å². The van der Waals surface area contributed by atoms with Crippen molar-refractivity contribution < 1.29 is 4.79 Å². The zero-order valence-corrected chi connectivity index (χ0v) is 10.4. The summed E-state index contributed by atoms with van der Waals surface area (Å²) in [6.45, 7) is 2.37. The van der Waals surface area contributed by atoms with Gasteiger partial charge in [-0.2, -0.15) is 0 Å².